The number of pyridine rings is 1. The van der Waals surface area contributed by atoms with E-state index in [4.69, 9.17) is 0 Å². The Kier molecular flexibility index (Phi) is 3.23. The van der Waals surface area contributed by atoms with E-state index in [0.717, 1.165) is 5.82 Å². The zero-order chi connectivity index (χ0) is 15.8. The van der Waals surface area contributed by atoms with Crippen LogP contribution in [0, 0.1) is 0 Å². The summed E-state index contributed by atoms with van der Waals surface area (Å²) in [5, 5.41) is 0. The Labute approximate surface area is 136 Å². The maximum atomic E-state index is 2.33. The summed E-state index contributed by atoms with van der Waals surface area (Å²) >= 11 is 0. The molecule has 4 rings (SSSR count). The molecule has 0 saturated heterocycles. The molecule has 0 unspecified atom stereocenters. The van der Waals surface area contributed by atoms with E-state index in [-0.39, 0.29) is 0 Å². The number of allylic oxidation sites excluding steroid dienone is 1. The second-order valence-electron chi connectivity index (χ2n) is 5.90. The fraction of sp³-hybridized carbons (Fsp3) is 0.0952. The average Bonchev–Trinajstić information content (AvgIpc) is 2.70. The van der Waals surface area contributed by atoms with Crippen molar-refractivity contribution in [2.45, 2.75) is 6.92 Å². The summed E-state index contributed by atoms with van der Waals surface area (Å²) in [6.45, 7) is 2.17. The number of anilines is 2. The maximum absolute atomic E-state index is 2.33. The number of hydrogen-bond donors (Lipinski definition) is 0. The number of aryl methyl sites for hydroxylation is 1. The highest BCUT2D eigenvalue weighted by molar-refractivity contribution is 5.91. The van der Waals surface area contributed by atoms with Crippen molar-refractivity contribution in [3.8, 4) is 11.1 Å². The Morgan fingerprint density at radius 1 is 0.783 bits per heavy atom. The molecule has 0 atom stereocenters. The van der Waals surface area contributed by atoms with Gasteiger partial charge in [0.25, 0.3) is 5.82 Å². The lowest BCUT2D eigenvalue weighted by Gasteiger charge is -2.19. The Morgan fingerprint density at radius 2 is 1.48 bits per heavy atom. The molecule has 1 aliphatic heterocycles. The van der Waals surface area contributed by atoms with Gasteiger partial charge in [-0.25, -0.2) is 4.57 Å². The lowest BCUT2D eigenvalue weighted by atomic mass is 9.99. The van der Waals surface area contributed by atoms with Gasteiger partial charge in [0, 0.05) is 11.6 Å². The molecule has 0 N–H and O–H groups in total. The molecular weight excluding hydrogens is 280 g/mol. The smallest absolute Gasteiger partial charge is 0.237 e. The van der Waals surface area contributed by atoms with E-state index in [0.29, 0.717) is 0 Å². The molecule has 0 fully saturated rings. The molecule has 1 aliphatic rings. The summed E-state index contributed by atoms with van der Waals surface area (Å²) in [6.07, 6.45) is 4.35. The van der Waals surface area contributed by atoms with Gasteiger partial charge in [-0.2, -0.15) is 4.90 Å². The van der Waals surface area contributed by atoms with Crippen LogP contribution in [0.5, 0.6) is 0 Å². The molecule has 3 aromatic rings. The second-order valence-corrected chi connectivity index (χ2v) is 5.90. The minimum absolute atomic E-state index is 1.15. The predicted octanol–water partition coefficient (Wildman–Crippen LogP) is 4.69. The summed E-state index contributed by atoms with van der Waals surface area (Å²) in [5.41, 5.74) is 6.24. The molecule has 0 aliphatic carbocycles. The van der Waals surface area contributed by atoms with Crippen LogP contribution in [0.4, 0.5) is 11.5 Å². The van der Waals surface area contributed by atoms with Crippen molar-refractivity contribution in [2.75, 3.05) is 4.90 Å². The fourth-order valence-corrected chi connectivity index (χ4v) is 3.29. The first kappa shape index (κ1) is 13.8. The number of para-hydroxylation sites is 1. The van der Waals surface area contributed by atoms with Crippen molar-refractivity contribution >= 4 is 17.6 Å². The van der Waals surface area contributed by atoms with Crippen LogP contribution in [-0.4, -0.2) is 0 Å². The summed E-state index contributed by atoms with van der Waals surface area (Å²) in [5.74, 6) is 1.15. The van der Waals surface area contributed by atoms with Crippen LogP contribution in [0.15, 0.2) is 78.6 Å². The highest BCUT2D eigenvalue weighted by atomic mass is 15.2. The normalized spacial score (nSPS) is 13.0. The monoisotopic (exact) mass is 299 g/mol. The van der Waals surface area contributed by atoms with Crippen LogP contribution < -0.4 is 9.47 Å². The second kappa shape index (κ2) is 5.40. The van der Waals surface area contributed by atoms with Crippen LogP contribution in [0.2, 0.25) is 0 Å². The number of rotatable bonds is 1. The number of fused-ring (bicyclic) bond motifs is 3. The molecule has 2 heterocycles. The van der Waals surface area contributed by atoms with Gasteiger partial charge in [-0.05, 0) is 36.3 Å². The van der Waals surface area contributed by atoms with E-state index in [1.54, 1.807) is 0 Å². The number of benzene rings is 2. The molecule has 0 radical (unpaired) electrons. The third-order valence-electron chi connectivity index (χ3n) is 4.37. The fourth-order valence-electron chi connectivity index (χ4n) is 3.29. The third kappa shape index (κ3) is 2.23. The largest absolute Gasteiger partial charge is 0.286 e. The van der Waals surface area contributed by atoms with Crippen LogP contribution in [0.25, 0.3) is 17.2 Å². The molecule has 0 amide bonds. The van der Waals surface area contributed by atoms with Crippen molar-refractivity contribution in [1.29, 1.82) is 0 Å². The van der Waals surface area contributed by atoms with Crippen LogP contribution in [0.1, 0.15) is 12.5 Å². The van der Waals surface area contributed by atoms with E-state index in [9.17, 15) is 0 Å². The Balaban J connectivity index is 2.04. The zero-order valence-electron chi connectivity index (χ0n) is 13.4. The van der Waals surface area contributed by atoms with E-state index >= 15 is 0 Å². The summed E-state index contributed by atoms with van der Waals surface area (Å²) < 4.78 is 2.16. The number of hydrogen-bond acceptors (Lipinski definition) is 1. The van der Waals surface area contributed by atoms with Crippen molar-refractivity contribution in [2.24, 2.45) is 7.05 Å². The first-order valence-corrected chi connectivity index (χ1v) is 7.87. The van der Waals surface area contributed by atoms with Gasteiger partial charge in [-0.15, -0.1) is 0 Å². The van der Waals surface area contributed by atoms with Gasteiger partial charge < -0.3 is 0 Å². The molecule has 1 aromatic heterocycles. The van der Waals surface area contributed by atoms with Crippen molar-refractivity contribution in [1.82, 2.24) is 0 Å². The molecule has 23 heavy (non-hydrogen) atoms. The molecule has 2 aromatic carbocycles. The van der Waals surface area contributed by atoms with Crippen molar-refractivity contribution in [3.05, 3.63) is 84.2 Å². The number of aromatic nitrogens is 1. The Morgan fingerprint density at radius 3 is 2.30 bits per heavy atom. The third-order valence-corrected chi connectivity index (χ3v) is 4.37. The molecular formula is C21H19N2+. The minimum Gasteiger partial charge on any atom is -0.237 e. The molecule has 2 heteroatoms. The predicted molar refractivity (Wildman–Crippen MR) is 95.3 cm³/mol. The first-order valence-electron chi connectivity index (χ1n) is 7.87. The average molecular weight is 299 g/mol. The standard InChI is InChI=1S/C21H19N2/c1-16-15-17-9-3-4-10-18(17)19-11-5-6-12-20(19)23(16)21-13-7-8-14-22(21)2/h3-15H,1-2H3/q+1. The van der Waals surface area contributed by atoms with E-state index in [2.05, 4.69) is 102 Å². The van der Waals surface area contributed by atoms with E-state index in [1.165, 1.54) is 28.1 Å². The van der Waals surface area contributed by atoms with Gasteiger partial charge in [0.2, 0.25) is 0 Å². The van der Waals surface area contributed by atoms with Gasteiger partial charge >= 0.3 is 0 Å². The van der Waals surface area contributed by atoms with Gasteiger partial charge in [-0.3, -0.25) is 0 Å². The molecule has 0 saturated carbocycles. The SMILES string of the molecule is CC1=Cc2ccccc2-c2ccccc2N1c1cccc[n+]1C. The lowest BCUT2D eigenvalue weighted by Crippen LogP contribution is -2.35. The van der Waals surface area contributed by atoms with Crippen LogP contribution in [0.3, 0.4) is 0 Å². The van der Waals surface area contributed by atoms with Gasteiger partial charge in [0.1, 0.15) is 11.4 Å². The van der Waals surface area contributed by atoms with Crippen LogP contribution in [-0.2, 0) is 7.05 Å². The highest BCUT2D eigenvalue weighted by Crippen LogP contribution is 2.41. The van der Waals surface area contributed by atoms with E-state index in [1.807, 2.05) is 0 Å². The Hall–Kier alpha value is -2.87. The summed E-state index contributed by atoms with van der Waals surface area (Å²) in [6, 6.07) is 23.5. The molecule has 2 nitrogen and oxygen atoms in total. The molecule has 112 valence electrons. The van der Waals surface area contributed by atoms with Gasteiger partial charge in [0.05, 0.1) is 13.2 Å². The van der Waals surface area contributed by atoms with Crippen LogP contribution >= 0.6 is 0 Å². The van der Waals surface area contributed by atoms with Crippen molar-refractivity contribution < 1.29 is 4.57 Å². The molecule has 0 bridgehead atoms. The summed E-state index contributed by atoms with van der Waals surface area (Å²) in [4.78, 5) is 2.33. The van der Waals surface area contributed by atoms with Gasteiger partial charge in [-0.1, -0.05) is 48.5 Å². The lowest BCUT2D eigenvalue weighted by molar-refractivity contribution is -0.658. The number of nitrogens with zero attached hydrogens (tertiary/aromatic N) is 2. The quantitative estimate of drug-likeness (QED) is 0.591. The first-order chi connectivity index (χ1) is 11.3. The minimum atomic E-state index is 1.15. The Bertz CT molecular complexity index is 909. The van der Waals surface area contributed by atoms with Gasteiger partial charge in [0.15, 0.2) is 0 Å². The maximum Gasteiger partial charge on any atom is 0.286 e. The van der Waals surface area contributed by atoms with Crippen molar-refractivity contribution in [3.63, 3.8) is 0 Å². The zero-order valence-corrected chi connectivity index (χ0v) is 13.4. The van der Waals surface area contributed by atoms with E-state index < -0.39 is 0 Å². The highest BCUT2D eigenvalue weighted by Gasteiger charge is 2.28. The molecule has 0 spiro atoms. The summed E-state index contributed by atoms with van der Waals surface area (Å²) in [7, 11) is 2.09. The topological polar surface area (TPSA) is 7.12 Å².